The molecule has 0 saturated heterocycles. The van der Waals surface area contributed by atoms with Gasteiger partial charge in [0.2, 0.25) is 5.91 Å². The summed E-state index contributed by atoms with van der Waals surface area (Å²) in [6, 6.07) is 12.8. The Labute approximate surface area is 146 Å². The first-order valence-corrected chi connectivity index (χ1v) is 8.51. The van der Waals surface area contributed by atoms with Crippen LogP contribution in [-0.2, 0) is 10.2 Å². The molecule has 0 spiro atoms. The highest BCUT2D eigenvalue weighted by Gasteiger charge is 2.45. The normalized spacial score (nSPS) is 15.1. The van der Waals surface area contributed by atoms with E-state index in [9.17, 15) is 14.0 Å². The van der Waals surface area contributed by atoms with Gasteiger partial charge in [-0.1, -0.05) is 18.6 Å². The van der Waals surface area contributed by atoms with Gasteiger partial charge in [-0.05, 0) is 61.7 Å². The maximum Gasteiger partial charge on any atom is 0.255 e. The van der Waals surface area contributed by atoms with Crippen molar-refractivity contribution >= 4 is 17.5 Å². The van der Waals surface area contributed by atoms with Crippen LogP contribution in [0.4, 0.5) is 10.1 Å². The van der Waals surface area contributed by atoms with Crippen molar-refractivity contribution in [2.24, 2.45) is 0 Å². The van der Waals surface area contributed by atoms with Gasteiger partial charge in [0.05, 0.1) is 5.41 Å². The molecule has 0 aliphatic heterocycles. The van der Waals surface area contributed by atoms with Crippen molar-refractivity contribution in [3.05, 3.63) is 65.5 Å². The molecule has 4 nitrogen and oxygen atoms in total. The number of amides is 2. The maximum atomic E-state index is 12.9. The van der Waals surface area contributed by atoms with Crippen LogP contribution < -0.4 is 10.6 Å². The molecule has 25 heavy (non-hydrogen) atoms. The van der Waals surface area contributed by atoms with Gasteiger partial charge in [-0.25, -0.2) is 4.39 Å². The number of carbonyl (C=O) groups is 2. The van der Waals surface area contributed by atoms with Gasteiger partial charge in [0.15, 0.2) is 0 Å². The molecule has 2 amide bonds. The average molecular weight is 340 g/mol. The molecule has 3 rings (SSSR count). The fourth-order valence-corrected chi connectivity index (χ4v) is 3.18. The van der Waals surface area contributed by atoms with Crippen LogP contribution in [-0.4, -0.2) is 18.4 Å². The number of hydrogen-bond donors (Lipinski definition) is 2. The molecule has 130 valence electrons. The van der Waals surface area contributed by atoms with E-state index >= 15 is 0 Å². The number of rotatable bonds is 5. The van der Waals surface area contributed by atoms with Crippen LogP contribution in [0.15, 0.2) is 48.5 Å². The quantitative estimate of drug-likeness (QED) is 0.873. The van der Waals surface area contributed by atoms with Crippen molar-refractivity contribution in [3.63, 3.8) is 0 Å². The van der Waals surface area contributed by atoms with Crippen molar-refractivity contribution in [1.29, 1.82) is 0 Å². The van der Waals surface area contributed by atoms with E-state index < -0.39 is 5.41 Å². The molecule has 5 heteroatoms. The van der Waals surface area contributed by atoms with Crippen LogP contribution in [0.25, 0.3) is 0 Å². The molecule has 1 aliphatic carbocycles. The number of carbonyl (C=O) groups excluding carboxylic acids is 2. The molecule has 0 atom stereocenters. The van der Waals surface area contributed by atoms with E-state index in [-0.39, 0.29) is 17.6 Å². The zero-order chi connectivity index (χ0) is 17.9. The van der Waals surface area contributed by atoms with Gasteiger partial charge in [0.25, 0.3) is 5.91 Å². The second-order valence-corrected chi connectivity index (χ2v) is 6.33. The Kier molecular flexibility index (Phi) is 4.83. The van der Waals surface area contributed by atoms with Crippen molar-refractivity contribution in [1.82, 2.24) is 5.32 Å². The maximum absolute atomic E-state index is 12.9. The summed E-state index contributed by atoms with van der Waals surface area (Å²) in [6.45, 7) is 2.53. The lowest BCUT2D eigenvalue weighted by Crippen LogP contribution is -2.49. The van der Waals surface area contributed by atoms with Gasteiger partial charge in [0, 0.05) is 17.8 Å². The topological polar surface area (TPSA) is 58.2 Å². The monoisotopic (exact) mass is 340 g/mol. The standard InChI is InChI=1S/C20H21FN2O2/c1-2-22-19(25)20(12-3-13-20)15-6-10-17(11-7-15)23-18(24)14-4-8-16(21)9-5-14/h4-11H,2-3,12-13H2,1H3,(H,22,25)(H,23,24). The molecule has 0 radical (unpaired) electrons. The molecule has 2 aromatic rings. The molecule has 0 unspecified atom stereocenters. The fraction of sp³-hybridized carbons (Fsp3) is 0.300. The van der Waals surface area contributed by atoms with Gasteiger partial charge in [-0.3, -0.25) is 9.59 Å². The molecule has 2 aromatic carbocycles. The molecule has 0 heterocycles. The van der Waals surface area contributed by atoms with Crippen molar-refractivity contribution < 1.29 is 14.0 Å². The van der Waals surface area contributed by atoms with Crippen LogP contribution in [0.1, 0.15) is 42.1 Å². The lowest BCUT2D eigenvalue weighted by Gasteiger charge is -2.40. The number of halogens is 1. The fourth-order valence-electron chi connectivity index (χ4n) is 3.18. The first kappa shape index (κ1) is 17.1. The Bertz CT molecular complexity index is 765. The number of nitrogens with one attached hydrogen (secondary N) is 2. The summed E-state index contributed by atoms with van der Waals surface area (Å²) in [7, 11) is 0. The summed E-state index contributed by atoms with van der Waals surface area (Å²) in [5, 5.41) is 5.71. The molecular formula is C20H21FN2O2. The summed E-state index contributed by atoms with van der Waals surface area (Å²) in [4.78, 5) is 24.6. The smallest absolute Gasteiger partial charge is 0.255 e. The van der Waals surface area contributed by atoms with Gasteiger partial charge in [0.1, 0.15) is 5.82 Å². The SMILES string of the molecule is CCNC(=O)C1(c2ccc(NC(=O)c3ccc(F)cc3)cc2)CCC1. The zero-order valence-corrected chi connectivity index (χ0v) is 14.1. The Morgan fingerprint density at radius 1 is 1.04 bits per heavy atom. The molecule has 2 N–H and O–H groups in total. The van der Waals surface area contributed by atoms with Crippen LogP contribution >= 0.6 is 0 Å². The Morgan fingerprint density at radius 2 is 1.68 bits per heavy atom. The number of hydrogen-bond acceptors (Lipinski definition) is 2. The number of likely N-dealkylation sites (N-methyl/N-ethyl adjacent to an activating group) is 1. The molecule has 0 aromatic heterocycles. The number of anilines is 1. The Morgan fingerprint density at radius 3 is 2.20 bits per heavy atom. The van der Waals surface area contributed by atoms with Crippen LogP contribution in [0.5, 0.6) is 0 Å². The third-order valence-corrected chi connectivity index (χ3v) is 4.78. The summed E-state index contributed by atoms with van der Waals surface area (Å²) in [5.74, 6) is -0.601. The third kappa shape index (κ3) is 3.40. The highest BCUT2D eigenvalue weighted by molar-refractivity contribution is 6.04. The van der Waals surface area contributed by atoms with E-state index in [1.165, 1.54) is 24.3 Å². The average Bonchev–Trinajstić information content (AvgIpc) is 2.56. The highest BCUT2D eigenvalue weighted by atomic mass is 19.1. The molecular weight excluding hydrogens is 319 g/mol. The molecule has 1 fully saturated rings. The predicted octanol–water partition coefficient (Wildman–Crippen LogP) is 3.64. The van der Waals surface area contributed by atoms with E-state index in [1.54, 1.807) is 12.1 Å². The van der Waals surface area contributed by atoms with E-state index in [2.05, 4.69) is 10.6 Å². The lowest BCUT2D eigenvalue weighted by molar-refractivity contribution is -0.129. The van der Waals surface area contributed by atoms with Gasteiger partial charge < -0.3 is 10.6 Å². The largest absolute Gasteiger partial charge is 0.356 e. The summed E-state index contributed by atoms with van der Waals surface area (Å²) in [5.41, 5.74) is 1.58. The molecule has 1 saturated carbocycles. The van der Waals surface area contributed by atoms with E-state index in [1.807, 2.05) is 19.1 Å². The van der Waals surface area contributed by atoms with Crippen molar-refractivity contribution in [2.75, 3.05) is 11.9 Å². The van der Waals surface area contributed by atoms with Crippen molar-refractivity contribution in [3.8, 4) is 0 Å². The first-order chi connectivity index (χ1) is 12.0. The predicted molar refractivity (Wildman–Crippen MR) is 95.0 cm³/mol. The van der Waals surface area contributed by atoms with Gasteiger partial charge >= 0.3 is 0 Å². The lowest BCUT2D eigenvalue weighted by atomic mass is 9.64. The highest BCUT2D eigenvalue weighted by Crippen LogP contribution is 2.44. The minimum atomic E-state index is -0.435. The second-order valence-electron chi connectivity index (χ2n) is 6.33. The van der Waals surface area contributed by atoms with Crippen LogP contribution in [0.3, 0.4) is 0 Å². The third-order valence-electron chi connectivity index (χ3n) is 4.78. The summed E-state index contributed by atoms with van der Waals surface area (Å²) < 4.78 is 12.9. The Balaban J connectivity index is 1.73. The van der Waals surface area contributed by atoms with Crippen LogP contribution in [0.2, 0.25) is 0 Å². The van der Waals surface area contributed by atoms with Crippen LogP contribution in [0, 0.1) is 5.82 Å². The first-order valence-electron chi connectivity index (χ1n) is 8.51. The zero-order valence-electron chi connectivity index (χ0n) is 14.1. The summed E-state index contributed by atoms with van der Waals surface area (Å²) in [6.07, 6.45) is 2.74. The second kappa shape index (κ2) is 7.05. The summed E-state index contributed by atoms with van der Waals surface area (Å²) >= 11 is 0. The van der Waals surface area contributed by atoms with E-state index in [0.717, 1.165) is 24.8 Å². The molecule has 1 aliphatic rings. The van der Waals surface area contributed by atoms with Gasteiger partial charge in [-0.15, -0.1) is 0 Å². The molecule has 0 bridgehead atoms. The van der Waals surface area contributed by atoms with Crippen molar-refractivity contribution in [2.45, 2.75) is 31.6 Å². The van der Waals surface area contributed by atoms with E-state index in [0.29, 0.717) is 17.8 Å². The van der Waals surface area contributed by atoms with E-state index in [4.69, 9.17) is 0 Å². The van der Waals surface area contributed by atoms with Gasteiger partial charge in [-0.2, -0.15) is 0 Å². The Hall–Kier alpha value is -2.69. The minimum absolute atomic E-state index is 0.0735. The minimum Gasteiger partial charge on any atom is -0.356 e. The number of benzene rings is 2.